The first-order valence-electron chi connectivity index (χ1n) is 5.67. The summed E-state index contributed by atoms with van der Waals surface area (Å²) in [7, 11) is 1.34. The Balaban J connectivity index is 3.56. The van der Waals surface area contributed by atoms with Crippen molar-refractivity contribution < 1.29 is 9.90 Å². The number of rotatable bonds is 3. The van der Waals surface area contributed by atoms with Gasteiger partial charge >= 0.3 is 0 Å². The number of carbonyl (C=O) groups is 1. The fourth-order valence-electron chi connectivity index (χ4n) is 1.82. The van der Waals surface area contributed by atoms with E-state index in [1.54, 1.807) is 6.07 Å². The molecular weight excluding hydrogens is 232 g/mol. The van der Waals surface area contributed by atoms with E-state index >= 15 is 0 Å². The van der Waals surface area contributed by atoms with E-state index in [1.807, 2.05) is 13.8 Å². The number of aromatic nitrogens is 1. The van der Waals surface area contributed by atoms with Crippen LogP contribution in [0.15, 0.2) is 4.79 Å². The molecule has 18 heavy (non-hydrogen) atoms. The minimum Gasteiger partial charge on any atom is -0.494 e. The number of ketones is 1. The van der Waals surface area contributed by atoms with Gasteiger partial charge in [-0.1, -0.05) is 13.8 Å². The number of nitrogens with zero attached hydrogens (tertiary/aromatic N) is 2. The molecule has 0 saturated carbocycles. The molecule has 1 N–H and O–H groups in total. The largest absolute Gasteiger partial charge is 0.494 e. The van der Waals surface area contributed by atoms with Gasteiger partial charge in [0.1, 0.15) is 11.6 Å². The smallest absolute Gasteiger partial charge is 0.271 e. The first kappa shape index (κ1) is 14.0. The Morgan fingerprint density at radius 1 is 1.50 bits per heavy atom. The molecule has 0 radical (unpaired) electrons. The third-order valence-electron chi connectivity index (χ3n) is 2.79. The van der Waals surface area contributed by atoms with Gasteiger partial charge in [0.25, 0.3) is 5.56 Å². The van der Waals surface area contributed by atoms with E-state index in [-0.39, 0.29) is 40.7 Å². The van der Waals surface area contributed by atoms with E-state index in [0.29, 0.717) is 0 Å². The van der Waals surface area contributed by atoms with Gasteiger partial charge in [-0.2, -0.15) is 5.26 Å². The van der Waals surface area contributed by atoms with Gasteiger partial charge in [0, 0.05) is 13.5 Å². The lowest BCUT2D eigenvalue weighted by Gasteiger charge is -2.13. The normalized spacial score (nSPS) is 10.4. The fraction of sp³-hybridized carbons (Fsp3) is 0.462. The molecule has 5 heteroatoms. The SMILES string of the molecule is Cc1c(C(=O)CC(C)C)c(O)n(C)c(=O)c1C#N. The summed E-state index contributed by atoms with van der Waals surface area (Å²) in [6.07, 6.45) is 0.261. The van der Waals surface area contributed by atoms with Crippen LogP contribution in [0.1, 0.15) is 41.8 Å². The number of aromatic hydroxyl groups is 1. The maximum absolute atomic E-state index is 12.0. The minimum absolute atomic E-state index is 0.0716. The molecular formula is C13H16N2O3. The predicted octanol–water partition coefficient (Wildman–Crippen LogP) is 1.50. The van der Waals surface area contributed by atoms with Gasteiger partial charge in [-0.15, -0.1) is 0 Å². The summed E-state index contributed by atoms with van der Waals surface area (Å²) < 4.78 is 0.930. The van der Waals surface area contributed by atoms with Crippen LogP contribution in [0.5, 0.6) is 5.88 Å². The van der Waals surface area contributed by atoms with E-state index in [1.165, 1.54) is 14.0 Å². The van der Waals surface area contributed by atoms with Crippen LogP contribution < -0.4 is 5.56 Å². The quantitative estimate of drug-likeness (QED) is 0.821. The molecule has 5 nitrogen and oxygen atoms in total. The standard InChI is InChI=1S/C13H16N2O3/c1-7(2)5-10(16)11-8(3)9(6-14)12(17)15(4)13(11)18/h7,18H,5H2,1-4H3. The summed E-state index contributed by atoms with van der Waals surface area (Å²) in [6.45, 7) is 5.28. The van der Waals surface area contributed by atoms with Gasteiger partial charge in [0.15, 0.2) is 5.78 Å². The van der Waals surface area contributed by atoms with Gasteiger partial charge < -0.3 is 5.11 Å². The summed E-state index contributed by atoms with van der Waals surface area (Å²) in [5.41, 5.74) is -0.359. The van der Waals surface area contributed by atoms with E-state index in [4.69, 9.17) is 5.26 Å². The first-order valence-corrected chi connectivity index (χ1v) is 5.67. The molecule has 0 aromatic carbocycles. The topological polar surface area (TPSA) is 83.1 Å². The second-order valence-electron chi connectivity index (χ2n) is 4.70. The summed E-state index contributed by atoms with van der Waals surface area (Å²) in [5, 5.41) is 18.8. The molecule has 96 valence electrons. The Labute approximate surface area is 105 Å². The van der Waals surface area contributed by atoms with Gasteiger partial charge in [0.2, 0.25) is 5.88 Å². The molecule has 1 rings (SSSR count). The third-order valence-corrected chi connectivity index (χ3v) is 2.79. The maximum atomic E-state index is 12.0. The van der Waals surface area contributed by atoms with Crippen LogP contribution >= 0.6 is 0 Å². The fourth-order valence-corrected chi connectivity index (χ4v) is 1.82. The van der Waals surface area contributed by atoms with E-state index in [9.17, 15) is 14.7 Å². The van der Waals surface area contributed by atoms with Crippen molar-refractivity contribution in [3.63, 3.8) is 0 Å². The van der Waals surface area contributed by atoms with Crippen LogP contribution in [0.4, 0.5) is 0 Å². The highest BCUT2D eigenvalue weighted by molar-refractivity contribution is 6.00. The highest BCUT2D eigenvalue weighted by Gasteiger charge is 2.22. The monoisotopic (exact) mass is 248 g/mol. The van der Waals surface area contributed by atoms with Crippen molar-refractivity contribution in [3.8, 4) is 11.9 Å². The third kappa shape index (κ3) is 2.28. The number of nitriles is 1. The lowest BCUT2D eigenvalue weighted by molar-refractivity contribution is 0.0963. The highest BCUT2D eigenvalue weighted by Crippen LogP contribution is 2.23. The lowest BCUT2D eigenvalue weighted by Crippen LogP contribution is -2.24. The Hall–Kier alpha value is -2.09. The number of hydrogen-bond donors (Lipinski definition) is 1. The number of pyridine rings is 1. The molecule has 0 amide bonds. The highest BCUT2D eigenvalue weighted by atomic mass is 16.3. The molecule has 0 aliphatic rings. The zero-order chi connectivity index (χ0) is 14.0. The molecule has 0 spiro atoms. The molecule has 1 aromatic heterocycles. The maximum Gasteiger partial charge on any atom is 0.271 e. The molecule has 0 unspecified atom stereocenters. The summed E-state index contributed by atoms with van der Waals surface area (Å²) in [4.78, 5) is 23.8. The molecule has 0 bridgehead atoms. The molecule has 0 aliphatic carbocycles. The average molecular weight is 248 g/mol. The number of Topliss-reactive ketones (excluding diaryl/α,β-unsaturated/α-hetero) is 1. The molecule has 0 fully saturated rings. The Bertz CT molecular complexity index is 592. The van der Waals surface area contributed by atoms with Gasteiger partial charge in [-0.25, -0.2) is 0 Å². The van der Waals surface area contributed by atoms with E-state index in [0.717, 1.165) is 4.57 Å². The summed E-state index contributed by atoms with van der Waals surface area (Å²) >= 11 is 0. The van der Waals surface area contributed by atoms with Crippen LogP contribution in [0, 0.1) is 24.2 Å². The molecule has 0 aliphatic heterocycles. The van der Waals surface area contributed by atoms with Crippen LogP contribution in [0.25, 0.3) is 0 Å². The van der Waals surface area contributed by atoms with Crippen molar-refractivity contribution in [1.82, 2.24) is 4.57 Å². The van der Waals surface area contributed by atoms with Crippen molar-refractivity contribution in [2.75, 3.05) is 0 Å². The molecule has 0 saturated heterocycles. The second-order valence-corrected chi connectivity index (χ2v) is 4.70. The molecule has 0 atom stereocenters. The predicted molar refractivity (Wildman–Crippen MR) is 66.6 cm³/mol. The van der Waals surface area contributed by atoms with E-state index in [2.05, 4.69) is 0 Å². The summed E-state index contributed by atoms with van der Waals surface area (Å²) in [5.74, 6) is -0.492. The van der Waals surface area contributed by atoms with Crippen LogP contribution in [-0.2, 0) is 7.05 Å². The van der Waals surface area contributed by atoms with Gasteiger partial charge in [-0.3, -0.25) is 14.2 Å². The van der Waals surface area contributed by atoms with Crippen LogP contribution in [-0.4, -0.2) is 15.5 Å². The van der Waals surface area contributed by atoms with Crippen LogP contribution in [0.3, 0.4) is 0 Å². The minimum atomic E-state index is -0.589. The van der Waals surface area contributed by atoms with Crippen LogP contribution in [0.2, 0.25) is 0 Å². The van der Waals surface area contributed by atoms with Crippen molar-refractivity contribution in [1.29, 1.82) is 5.26 Å². The van der Waals surface area contributed by atoms with Crippen molar-refractivity contribution in [3.05, 3.63) is 27.0 Å². The van der Waals surface area contributed by atoms with Gasteiger partial charge in [0.05, 0.1) is 5.56 Å². The van der Waals surface area contributed by atoms with Crippen molar-refractivity contribution in [2.45, 2.75) is 27.2 Å². The average Bonchev–Trinajstić information content (AvgIpc) is 2.26. The Morgan fingerprint density at radius 3 is 2.50 bits per heavy atom. The van der Waals surface area contributed by atoms with Crippen molar-refractivity contribution in [2.24, 2.45) is 13.0 Å². The first-order chi connectivity index (χ1) is 8.31. The molecule has 1 heterocycles. The van der Waals surface area contributed by atoms with E-state index < -0.39 is 5.56 Å². The molecule has 1 aromatic rings. The summed E-state index contributed by atoms with van der Waals surface area (Å²) in [6, 6.07) is 1.78. The van der Waals surface area contributed by atoms with Gasteiger partial charge in [-0.05, 0) is 18.4 Å². The number of hydrogen-bond acceptors (Lipinski definition) is 4. The Kier molecular flexibility index (Phi) is 3.92. The zero-order valence-electron chi connectivity index (χ0n) is 10.9. The second kappa shape index (κ2) is 5.05. The lowest BCUT2D eigenvalue weighted by atomic mass is 9.96. The van der Waals surface area contributed by atoms with Crippen molar-refractivity contribution >= 4 is 5.78 Å². The zero-order valence-corrected chi connectivity index (χ0v) is 10.9. The number of carbonyl (C=O) groups excluding carboxylic acids is 1. The Morgan fingerprint density at radius 2 is 2.06 bits per heavy atom.